The van der Waals surface area contributed by atoms with Crippen molar-refractivity contribution in [2.24, 2.45) is 0 Å². The molecule has 0 bridgehead atoms. The number of rotatable bonds is 5. The van der Waals surface area contributed by atoms with E-state index in [0.717, 1.165) is 37.5 Å². The van der Waals surface area contributed by atoms with Gasteiger partial charge in [0.1, 0.15) is 6.04 Å². The number of nitrogens with one attached hydrogen (secondary N) is 1. The number of nitrogens with zero attached hydrogens (tertiary/aromatic N) is 1. The first-order chi connectivity index (χ1) is 11.8. The molecule has 1 N–H and O–H groups in total. The Kier molecular flexibility index (Phi) is 6.87. The molecule has 0 saturated heterocycles. The summed E-state index contributed by atoms with van der Waals surface area (Å²) in [6.45, 7) is 3.60. The maximum atomic E-state index is 12.7. The zero-order valence-corrected chi connectivity index (χ0v) is 16.3. The molecular formula is C19H30N2O3S. The quantitative estimate of drug-likeness (QED) is 0.869. The lowest BCUT2D eigenvalue weighted by atomic mass is 9.96. The maximum Gasteiger partial charge on any atom is 0.243 e. The SMILES string of the molecule is Cc1ccc(N([C@@H](C)C(=O)NC2CCCCCCC2)S(C)(=O)=O)cc1. The van der Waals surface area contributed by atoms with Crippen LogP contribution >= 0.6 is 0 Å². The molecule has 1 fully saturated rings. The number of anilines is 1. The van der Waals surface area contributed by atoms with Crippen molar-refractivity contribution in [3.63, 3.8) is 0 Å². The first-order valence-electron chi connectivity index (χ1n) is 9.15. The summed E-state index contributed by atoms with van der Waals surface area (Å²) >= 11 is 0. The Hall–Kier alpha value is -1.56. The maximum absolute atomic E-state index is 12.7. The first kappa shape index (κ1) is 19.8. The number of carbonyl (C=O) groups excluding carboxylic acids is 1. The van der Waals surface area contributed by atoms with E-state index in [-0.39, 0.29) is 11.9 Å². The molecule has 0 spiro atoms. The lowest BCUT2D eigenvalue weighted by Crippen LogP contribution is -2.50. The summed E-state index contributed by atoms with van der Waals surface area (Å²) in [6, 6.07) is 6.57. The van der Waals surface area contributed by atoms with Crippen LogP contribution in [-0.4, -0.2) is 32.7 Å². The molecular weight excluding hydrogens is 336 g/mol. The van der Waals surface area contributed by atoms with Gasteiger partial charge in [-0.1, -0.05) is 49.8 Å². The van der Waals surface area contributed by atoms with Gasteiger partial charge in [0.05, 0.1) is 11.9 Å². The Balaban J connectivity index is 2.13. The molecule has 0 aliphatic heterocycles. The average Bonchev–Trinajstić information content (AvgIpc) is 2.50. The van der Waals surface area contributed by atoms with E-state index in [2.05, 4.69) is 5.32 Å². The van der Waals surface area contributed by atoms with Gasteiger partial charge in [-0.05, 0) is 38.8 Å². The van der Waals surface area contributed by atoms with Gasteiger partial charge >= 0.3 is 0 Å². The molecule has 1 amide bonds. The normalized spacial score (nSPS) is 18.0. The molecule has 5 nitrogen and oxygen atoms in total. The Morgan fingerprint density at radius 1 is 1.08 bits per heavy atom. The van der Waals surface area contributed by atoms with Crippen molar-refractivity contribution in [3.05, 3.63) is 29.8 Å². The number of benzene rings is 1. The third-order valence-electron chi connectivity index (χ3n) is 4.83. The second-order valence-electron chi connectivity index (χ2n) is 7.12. The van der Waals surface area contributed by atoms with E-state index >= 15 is 0 Å². The third kappa shape index (κ3) is 5.73. The summed E-state index contributed by atoms with van der Waals surface area (Å²) < 4.78 is 25.8. The smallest absolute Gasteiger partial charge is 0.243 e. The summed E-state index contributed by atoms with van der Waals surface area (Å²) in [7, 11) is -3.56. The van der Waals surface area contributed by atoms with Crippen LogP contribution < -0.4 is 9.62 Å². The van der Waals surface area contributed by atoms with E-state index in [4.69, 9.17) is 0 Å². The van der Waals surface area contributed by atoms with Gasteiger partial charge in [0.15, 0.2) is 0 Å². The van der Waals surface area contributed by atoms with Crippen molar-refractivity contribution in [1.29, 1.82) is 0 Å². The second-order valence-corrected chi connectivity index (χ2v) is 8.98. The third-order valence-corrected chi connectivity index (χ3v) is 6.07. The molecule has 1 aromatic rings. The van der Waals surface area contributed by atoms with Gasteiger partial charge in [-0.3, -0.25) is 9.10 Å². The molecule has 1 aliphatic rings. The van der Waals surface area contributed by atoms with Crippen molar-refractivity contribution in [3.8, 4) is 0 Å². The summed E-state index contributed by atoms with van der Waals surface area (Å²) in [6.07, 6.45) is 9.02. The molecule has 2 rings (SSSR count). The fourth-order valence-electron chi connectivity index (χ4n) is 3.42. The molecule has 0 aromatic heterocycles. The molecule has 25 heavy (non-hydrogen) atoms. The minimum Gasteiger partial charge on any atom is -0.352 e. The van der Waals surface area contributed by atoms with E-state index in [0.29, 0.717) is 5.69 Å². The predicted molar refractivity (Wildman–Crippen MR) is 102 cm³/mol. The zero-order valence-electron chi connectivity index (χ0n) is 15.5. The fourth-order valence-corrected chi connectivity index (χ4v) is 4.60. The molecule has 0 radical (unpaired) electrons. The van der Waals surface area contributed by atoms with Crippen LogP contribution in [0.25, 0.3) is 0 Å². The van der Waals surface area contributed by atoms with Crippen LogP contribution in [0.5, 0.6) is 0 Å². The van der Waals surface area contributed by atoms with E-state index in [1.54, 1.807) is 19.1 Å². The standard InChI is InChI=1S/C19H30N2O3S/c1-15-11-13-18(14-12-15)21(25(3,23)24)16(2)19(22)20-17-9-7-5-4-6-8-10-17/h11-14,16-17H,4-10H2,1-3H3,(H,20,22)/t16-/m0/s1. The highest BCUT2D eigenvalue weighted by Gasteiger charge is 2.30. The van der Waals surface area contributed by atoms with Crippen LogP contribution in [-0.2, 0) is 14.8 Å². The lowest BCUT2D eigenvalue weighted by Gasteiger charge is -2.30. The monoisotopic (exact) mass is 366 g/mol. The van der Waals surface area contributed by atoms with Crippen molar-refractivity contribution >= 4 is 21.6 Å². The second kappa shape index (κ2) is 8.70. The number of sulfonamides is 1. The summed E-state index contributed by atoms with van der Waals surface area (Å²) in [5.74, 6) is -0.225. The molecule has 1 atom stereocenters. The average molecular weight is 367 g/mol. The number of hydrogen-bond acceptors (Lipinski definition) is 3. The van der Waals surface area contributed by atoms with Gasteiger partial charge in [0.2, 0.25) is 15.9 Å². The Morgan fingerprint density at radius 3 is 2.12 bits per heavy atom. The van der Waals surface area contributed by atoms with Crippen LogP contribution in [0.1, 0.15) is 57.4 Å². The van der Waals surface area contributed by atoms with Crippen molar-refractivity contribution in [2.75, 3.05) is 10.6 Å². The highest BCUT2D eigenvalue weighted by molar-refractivity contribution is 7.92. The lowest BCUT2D eigenvalue weighted by molar-refractivity contribution is -0.122. The van der Waals surface area contributed by atoms with Gasteiger partial charge < -0.3 is 5.32 Å². The first-order valence-corrected chi connectivity index (χ1v) is 11.0. The number of carbonyl (C=O) groups is 1. The number of aryl methyl sites for hydroxylation is 1. The van der Waals surface area contributed by atoms with E-state index in [9.17, 15) is 13.2 Å². The minimum atomic E-state index is -3.56. The van der Waals surface area contributed by atoms with Gasteiger partial charge in [-0.15, -0.1) is 0 Å². The van der Waals surface area contributed by atoms with Crippen LogP contribution in [0.4, 0.5) is 5.69 Å². The zero-order chi connectivity index (χ0) is 18.4. The molecule has 6 heteroatoms. The highest BCUT2D eigenvalue weighted by Crippen LogP contribution is 2.22. The molecule has 0 unspecified atom stereocenters. The largest absolute Gasteiger partial charge is 0.352 e. The van der Waals surface area contributed by atoms with E-state index in [1.807, 2.05) is 19.1 Å². The minimum absolute atomic E-state index is 0.148. The van der Waals surface area contributed by atoms with Crippen LogP contribution in [0.15, 0.2) is 24.3 Å². The molecule has 0 heterocycles. The van der Waals surface area contributed by atoms with Gasteiger partial charge in [0.25, 0.3) is 0 Å². The molecule has 140 valence electrons. The predicted octanol–water partition coefficient (Wildman–Crippen LogP) is 3.38. The topological polar surface area (TPSA) is 66.5 Å². The van der Waals surface area contributed by atoms with Gasteiger partial charge in [-0.2, -0.15) is 0 Å². The Morgan fingerprint density at radius 2 is 1.60 bits per heavy atom. The van der Waals surface area contributed by atoms with E-state index < -0.39 is 16.1 Å². The van der Waals surface area contributed by atoms with Crippen molar-refractivity contribution < 1.29 is 13.2 Å². The number of hydrogen-bond donors (Lipinski definition) is 1. The number of amides is 1. The summed E-state index contributed by atoms with van der Waals surface area (Å²) in [5.41, 5.74) is 1.57. The van der Waals surface area contributed by atoms with E-state index in [1.165, 1.54) is 23.6 Å². The van der Waals surface area contributed by atoms with Gasteiger partial charge in [0, 0.05) is 6.04 Å². The Bertz CT molecular complexity index is 662. The van der Waals surface area contributed by atoms with Crippen molar-refractivity contribution in [2.45, 2.75) is 70.9 Å². The molecule has 1 saturated carbocycles. The van der Waals surface area contributed by atoms with Crippen LogP contribution in [0, 0.1) is 6.92 Å². The fraction of sp³-hybridized carbons (Fsp3) is 0.632. The summed E-state index contributed by atoms with van der Waals surface area (Å²) in [4.78, 5) is 12.7. The molecule has 1 aromatic carbocycles. The van der Waals surface area contributed by atoms with Gasteiger partial charge in [-0.25, -0.2) is 8.42 Å². The highest BCUT2D eigenvalue weighted by atomic mass is 32.2. The van der Waals surface area contributed by atoms with Crippen LogP contribution in [0.3, 0.4) is 0 Å². The van der Waals surface area contributed by atoms with Crippen LogP contribution in [0.2, 0.25) is 0 Å². The molecule has 1 aliphatic carbocycles. The Labute approximate surface area is 151 Å². The van der Waals surface area contributed by atoms with Crippen molar-refractivity contribution in [1.82, 2.24) is 5.32 Å². The summed E-state index contributed by atoms with van der Waals surface area (Å²) in [5, 5.41) is 3.08.